The first-order chi connectivity index (χ1) is 6.34. The van der Waals surface area contributed by atoms with Crippen molar-refractivity contribution < 1.29 is 4.52 Å². The average molecular weight is 197 g/mol. The van der Waals surface area contributed by atoms with Crippen molar-refractivity contribution in [3.8, 4) is 0 Å². The Morgan fingerprint density at radius 3 is 3.15 bits per heavy atom. The Morgan fingerprint density at radius 1 is 1.62 bits per heavy atom. The molecule has 13 heavy (non-hydrogen) atoms. The Hall–Kier alpha value is -1.50. The molecule has 0 saturated heterocycles. The minimum absolute atomic E-state index is 0.506. The molecule has 7 heteroatoms. The molecular formula is C6H7N5OS. The van der Waals surface area contributed by atoms with E-state index in [1.165, 1.54) is 11.3 Å². The van der Waals surface area contributed by atoms with Gasteiger partial charge in [-0.3, -0.25) is 0 Å². The Labute approximate surface area is 78.0 Å². The molecule has 2 heterocycles. The molecule has 0 unspecified atom stereocenters. The molecular weight excluding hydrogens is 190 g/mol. The molecule has 0 atom stereocenters. The van der Waals surface area contributed by atoms with Crippen LogP contribution in [-0.4, -0.2) is 20.3 Å². The molecule has 0 radical (unpaired) electrons. The average Bonchev–Trinajstić information content (AvgIpc) is 2.71. The molecule has 0 aliphatic carbocycles. The molecule has 0 aliphatic rings. The van der Waals surface area contributed by atoms with Gasteiger partial charge in [0.15, 0.2) is 5.82 Å². The third kappa shape index (κ3) is 2.00. The van der Waals surface area contributed by atoms with E-state index in [-0.39, 0.29) is 0 Å². The molecule has 0 amide bonds. The van der Waals surface area contributed by atoms with Crippen molar-refractivity contribution in [1.82, 2.24) is 20.3 Å². The lowest BCUT2D eigenvalue weighted by Gasteiger charge is -1.94. The van der Waals surface area contributed by atoms with E-state index in [9.17, 15) is 0 Å². The predicted octanol–water partition coefficient (Wildman–Crippen LogP) is 0.842. The molecule has 0 aliphatic heterocycles. The number of rotatable bonds is 3. The lowest BCUT2D eigenvalue weighted by Crippen LogP contribution is -2.00. The van der Waals surface area contributed by atoms with Crippen LogP contribution in [0, 0.1) is 6.92 Å². The van der Waals surface area contributed by atoms with E-state index in [4.69, 9.17) is 4.52 Å². The lowest BCUT2D eigenvalue weighted by molar-refractivity contribution is 0.388. The van der Waals surface area contributed by atoms with Gasteiger partial charge in [-0.1, -0.05) is 16.5 Å². The molecule has 2 aromatic rings. The Balaban J connectivity index is 1.93. The molecule has 68 valence electrons. The minimum Gasteiger partial charge on any atom is -0.353 e. The summed E-state index contributed by atoms with van der Waals surface area (Å²) < 4.78 is 4.80. The predicted molar refractivity (Wildman–Crippen MR) is 46.3 cm³/mol. The largest absolute Gasteiger partial charge is 0.353 e. The number of nitrogens with zero attached hydrogens (tertiary/aromatic N) is 4. The lowest BCUT2D eigenvalue weighted by atomic mass is 10.6. The third-order valence-electron chi connectivity index (χ3n) is 1.33. The standard InChI is InChI=1S/C6H7N5OS/c1-4-9-5(11-12-4)2-7-6-10-8-3-13-6/h3H,2H2,1H3,(H,7,10). The summed E-state index contributed by atoms with van der Waals surface area (Å²) in [6, 6.07) is 0. The van der Waals surface area contributed by atoms with E-state index in [0.29, 0.717) is 18.3 Å². The van der Waals surface area contributed by atoms with Gasteiger partial charge >= 0.3 is 0 Å². The van der Waals surface area contributed by atoms with Gasteiger partial charge in [0, 0.05) is 6.92 Å². The zero-order valence-corrected chi connectivity index (χ0v) is 7.71. The molecule has 6 nitrogen and oxygen atoms in total. The van der Waals surface area contributed by atoms with Crippen molar-refractivity contribution in [2.75, 3.05) is 5.32 Å². The fourth-order valence-corrected chi connectivity index (χ4v) is 1.26. The number of hydrogen-bond donors (Lipinski definition) is 1. The van der Waals surface area contributed by atoms with Crippen LogP contribution in [0.3, 0.4) is 0 Å². The van der Waals surface area contributed by atoms with E-state index >= 15 is 0 Å². The first-order valence-corrected chi connectivity index (χ1v) is 4.52. The summed E-state index contributed by atoms with van der Waals surface area (Å²) in [7, 11) is 0. The van der Waals surface area contributed by atoms with Gasteiger partial charge in [0.05, 0.1) is 6.54 Å². The van der Waals surface area contributed by atoms with Gasteiger partial charge in [-0.25, -0.2) is 0 Å². The van der Waals surface area contributed by atoms with Crippen molar-refractivity contribution >= 4 is 16.5 Å². The zero-order valence-electron chi connectivity index (χ0n) is 6.89. The second-order valence-electron chi connectivity index (χ2n) is 2.33. The van der Waals surface area contributed by atoms with Crippen LogP contribution >= 0.6 is 11.3 Å². The number of anilines is 1. The molecule has 0 fully saturated rings. The van der Waals surface area contributed by atoms with Gasteiger partial charge in [0.25, 0.3) is 0 Å². The second-order valence-corrected chi connectivity index (χ2v) is 3.16. The normalized spacial score (nSPS) is 10.2. The van der Waals surface area contributed by atoms with Crippen molar-refractivity contribution in [3.63, 3.8) is 0 Å². The van der Waals surface area contributed by atoms with Gasteiger partial charge in [-0.2, -0.15) is 4.98 Å². The van der Waals surface area contributed by atoms with Crippen LogP contribution in [0.4, 0.5) is 5.13 Å². The maximum absolute atomic E-state index is 4.80. The van der Waals surface area contributed by atoms with Crippen LogP contribution in [0.2, 0.25) is 0 Å². The number of nitrogens with one attached hydrogen (secondary N) is 1. The van der Waals surface area contributed by atoms with E-state index < -0.39 is 0 Å². The summed E-state index contributed by atoms with van der Waals surface area (Å²) in [5, 5.41) is 15.0. The number of hydrogen-bond acceptors (Lipinski definition) is 7. The topological polar surface area (TPSA) is 76.7 Å². The summed E-state index contributed by atoms with van der Waals surface area (Å²) in [6.45, 7) is 2.26. The smallest absolute Gasteiger partial charge is 0.223 e. The minimum atomic E-state index is 0.506. The molecule has 1 N–H and O–H groups in total. The van der Waals surface area contributed by atoms with Crippen molar-refractivity contribution in [1.29, 1.82) is 0 Å². The van der Waals surface area contributed by atoms with E-state index in [1.54, 1.807) is 12.4 Å². The first kappa shape index (κ1) is 8.11. The zero-order chi connectivity index (χ0) is 9.10. The quantitative estimate of drug-likeness (QED) is 0.785. The maximum Gasteiger partial charge on any atom is 0.223 e. The van der Waals surface area contributed by atoms with Crippen molar-refractivity contribution in [2.45, 2.75) is 13.5 Å². The summed E-state index contributed by atoms with van der Waals surface area (Å²) in [5.41, 5.74) is 1.66. The summed E-state index contributed by atoms with van der Waals surface area (Å²) >= 11 is 1.43. The van der Waals surface area contributed by atoms with Crippen molar-refractivity contribution in [3.05, 3.63) is 17.2 Å². The maximum atomic E-state index is 4.80. The Bertz CT molecular complexity index is 370. The molecule has 0 bridgehead atoms. The summed E-state index contributed by atoms with van der Waals surface area (Å²) in [4.78, 5) is 4.03. The molecule has 0 saturated carbocycles. The first-order valence-electron chi connectivity index (χ1n) is 3.64. The molecule has 2 aromatic heterocycles. The SMILES string of the molecule is Cc1nc(CNc2nncs2)no1. The van der Waals surface area contributed by atoms with Crippen LogP contribution in [-0.2, 0) is 6.54 Å². The van der Waals surface area contributed by atoms with Gasteiger partial charge in [-0.05, 0) is 0 Å². The van der Waals surface area contributed by atoms with E-state index in [1.807, 2.05) is 0 Å². The van der Waals surface area contributed by atoms with Gasteiger partial charge in [-0.15, -0.1) is 10.2 Å². The highest BCUT2D eigenvalue weighted by molar-refractivity contribution is 7.13. The summed E-state index contributed by atoms with van der Waals surface area (Å²) in [6.07, 6.45) is 0. The van der Waals surface area contributed by atoms with Gasteiger partial charge in [0.1, 0.15) is 5.51 Å². The van der Waals surface area contributed by atoms with Crippen LogP contribution in [0.5, 0.6) is 0 Å². The van der Waals surface area contributed by atoms with Crippen LogP contribution in [0.15, 0.2) is 10.0 Å². The highest BCUT2D eigenvalue weighted by atomic mass is 32.1. The summed E-state index contributed by atoms with van der Waals surface area (Å²) in [5.74, 6) is 1.18. The molecule has 0 aromatic carbocycles. The fourth-order valence-electron chi connectivity index (χ4n) is 0.818. The monoisotopic (exact) mass is 197 g/mol. The fraction of sp³-hybridized carbons (Fsp3) is 0.333. The van der Waals surface area contributed by atoms with Crippen LogP contribution in [0.25, 0.3) is 0 Å². The molecule has 0 spiro atoms. The number of aryl methyl sites for hydroxylation is 1. The van der Waals surface area contributed by atoms with Gasteiger partial charge < -0.3 is 9.84 Å². The van der Waals surface area contributed by atoms with E-state index in [0.717, 1.165) is 5.13 Å². The number of aromatic nitrogens is 4. The Kier molecular flexibility index (Phi) is 2.17. The van der Waals surface area contributed by atoms with Crippen molar-refractivity contribution in [2.24, 2.45) is 0 Å². The third-order valence-corrected chi connectivity index (χ3v) is 1.98. The van der Waals surface area contributed by atoms with E-state index in [2.05, 4.69) is 25.7 Å². The highest BCUT2D eigenvalue weighted by Crippen LogP contribution is 2.08. The highest BCUT2D eigenvalue weighted by Gasteiger charge is 2.02. The van der Waals surface area contributed by atoms with Crippen LogP contribution < -0.4 is 5.32 Å². The Morgan fingerprint density at radius 2 is 2.54 bits per heavy atom. The second kappa shape index (κ2) is 3.48. The van der Waals surface area contributed by atoms with Crippen LogP contribution in [0.1, 0.15) is 11.7 Å². The molecule has 2 rings (SSSR count). The van der Waals surface area contributed by atoms with Gasteiger partial charge in [0.2, 0.25) is 11.0 Å².